The normalized spacial score (nSPS) is 12.1. The second-order valence-electron chi connectivity index (χ2n) is 3.45. The van der Waals surface area contributed by atoms with Gasteiger partial charge < -0.3 is 5.73 Å². The second-order valence-corrected chi connectivity index (χ2v) is 4.93. The molecule has 0 aliphatic carbocycles. The van der Waals surface area contributed by atoms with Crippen LogP contribution in [0.2, 0.25) is 0 Å². The third-order valence-electron chi connectivity index (χ3n) is 2.08. The molecule has 0 aliphatic heterocycles. The van der Waals surface area contributed by atoms with Crippen molar-refractivity contribution in [3.05, 3.63) is 18.5 Å². The summed E-state index contributed by atoms with van der Waals surface area (Å²) in [7, 11) is 0. The van der Waals surface area contributed by atoms with Crippen LogP contribution >= 0.6 is 11.8 Å². The van der Waals surface area contributed by atoms with Gasteiger partial charge in [0.1, 0.15) is 0 Å². The Labute approximate surface area is 99.0 Å². The Kier molecular flexibility index (Phi) is 5.07. The van der Waals surface area contributed by atoms with Gasteiger partial charge in [-0.1, -0.05) is 6.92 Å². The highest BCUT2D eigenvalue weighted by Crippen LogP contribution is 2.29. The molecule has 1 aromatic rings. The molecule has 0 saturated carbocycles. The topological polar surface area (TPSA) is 94.0 Å². The summed E-state index contributed by atoms with van der Waals surface area (Å²) in [6, 6.07) is 1.87. The Hall–Kier alpha value is -1.27. The van der Waals surface area contributed by atoms with Crippen LogP contribution in [0.5, 0.6) is 0 Å². The van der Waals surface area contributed by atoms with Gasteiger partial charge in [-0.05, 0) is 12.5 Å². The average Bonchev–Trinajstić information content (AvgIpc) is 2.29. The number of hydrogen-bond acceptors (Lipinski definition) is 5. The lowest BCUT2D eigenvalue weighted by Gasteiger charge is -2.11. The Balaban J connectivity index is 2.43. The number of carbonyl (C=O) groups excluding carboxylic acids is 1. The molecule has 1 aromatic heterocycles. The molecule has 1 unspecified atom stereocenters. The molecule has 1 rings (SSSR count). The maximum absolute atomic E-state index is 11.0. The van der Waals surface area contributed by atoms with Crippen LogP contribution in [0.25, 0.3) is 0 Å². The van der Waals surface area contributed by atoms with E-state index in [-0.39, 0.29) is 5.91 Å². The molecule has 5 N–H and O–H groups in total. The van der Waals surface area contributed by atoms with E-state index in [0.29, 0.717) is 17.4 Å². The van der Waals surface area contributed by atoms with Crippen LogP contribution in [-0.4, -0.2) is 16.1 Å². The third kappa shape index (κ3) is 4.08. The number of pyridine rings is 1. The van der Waals surface area contributed by atoms with Crippen molar-refractivity contribution in [2.75, 3.05) is 5.73 Å². The molecular weight excluding hydrogens is 224 g/mol. The molecule has 0 aromatic carbocycles. The smallest absolute Gasteiger partial charge is 0.233 e. The monoisotopic (exact) mass is 240 g/mol. The minimum Gasteiger partial charge on any atom is -0.397 e. The highest BCUT2D eigenvalue weighted by atomic mass is 32.2. The number of rotatable bonds is 5. The van der Waals surface area contributed by atoms with E-state index >= 15 is 0 Å². The van der Waals surface area contributed by atoms with Crippen LogP contribution in [-0.2, 0) is 4.79 Å². The number of hydrogen-bond donors (Lipinski definition) is 3. The van der Waals surface area contributed by atoms with Crippen LogP contribution in [0.15, 0.2) is 23.4 Å². The van der Waals surface area contributed by atoms with Gasteiger partial charge in [-0.3, -0.25) is 15.2 Å². The number of nitrogens with zero attached hydrogens (tertiary/aromatic N) is 1. The second kappa shape index (κ2) is 6.34. The minimum atomic E-state index is -0.143. The van der Waals surface area contributed by atoms with E-state index < -0.39 is 0 Å². The average molecular weight is 240 g/mol. The first-order chi connectivity index (χ1) is 7.63. The number of nitrogen functional groups attached to an aromatic ring is 1. The minimum absolute atomic E-state index is 0.143. The van der Waals surface area contributed by atoms with E-state index in [1.807, 2.05) is 13.0 Å². The number of carbonyl (C=O) groups is 1. The van der Waals surface area contributed by atoms with Gasteiger partial charge >= 0.3 is 0 Å². The number of aromatic nitrogens is 1. The lowest BCUT2D eigenvalue weighted by atomic mass is 10.2. The Morgan fingerprint density at radius 1 is 1.69 bits per heavy atom. The highest BCUT2D eigenvalue weighted by Gasteiger charge is 2.09. The molecule has 0 aliphatic rings. The fourth-order valence-electron chi connectivity index (χ4n) is 1.18. The van der Waals surface area contributed by atoms with Gasteiger partial charge in [-0.15, -0.1) is 11.8 Å². The summed E-state index contributed by atoms with van der Waals surface area (Å²) in [5, 5.41) is 0.307. The Morgan fingerprint density at radius 3 is 3.06 bits per heavy atom. The lowest BCUT2D eigenvalue weighted by molar-refractivity contribution is -0.121. The fraction of sp³-hybridized carbons (Fsp3) is 0.400. The van der Waals surface area contributed by atoms with Gasteiger partial charge in [0.2, 0.25) is 5.91 Å². The first kappa shape index (κ1) is 12.8. The molecule has 6 heteroatoms. The van der Waals surface area contributed by atoms with Crippen LogP contribution in [0, 0.1) is 0 Å². The van der Waals surface area contributed by atoms with Crippen molar-refractivity contribution in [1.82, 2.24) is 10.4 Å². The molecule has 16 heavy (non-hydrogen) atoms. The van der Waals surface area contributed by atoms with Crippen molar-refractivity contribution >= 4 is 23.4 Å². The molecule has 1 heterocycles. The molecule has 5 nitrogen and oxygen atoms in total. The van der Waals surface area contributed by atoms with Gasteiger partial charge in [0.15, 0.2) is 0 Å². The molecule has 1 atom stereocenters. The number of hydrazine groups is 1. The summed E-state index contributed by atoms with van der Waals surface area (Å²) in [6.07, 6.45) is 4.52. The third-order valence-corrected chi connectivity index (χ3v) is 3.34. The quantitative estimate of drug-likeness (QED) is 0.308. The predicted molar refractivity (Wildman–Crippen MR) is 65.5 cm³/mol. The summed E-state index contributed by atoms with van der Waals surface area (Å²) < 4.78 is 0. The van der Waals surface area contributed by atoms with Gasteiger partial charge in [-0.2, -0.15) is 0 Å². The zero-order valence-corrected chi connectivity index (χ0v) is 9.96. The van der Waals surface area contributed by atoms with Crippen LogP contribution < -0.4 is 17.0 Å². The SMILES string of the molecule is CC(CCC(=O)NN)Sc1ccncc1N. The molecule has 0 fully saturated rings. The van der Waals surface area contributed by atoms with E-state index in [4.69, 9.17) is 11.6 Å². The van der Waals surface area contributed by atoms with E-state index in [2.05, 4.69) is 10.4 Å². The summed E-state index contributed by atoms with van der Waals surface area (Å²) in [6.45, 7) is 2.05. The number of thioether (sulfide) groups is 1. The van der Waals surface area contributed by atoms with Crippen LogP contribution in [0.1, 0.15) is 19.8 Å². The van der Waals surface area contributed by atoms with Gasteiger partial charge in [0, 0.05) is 22.8 Å². The summed E-state index contributed by atoms with van der Waals surface area (Å²) in [5.74, 6) is 4.86. The first-order valence-electron chi connectivity index (χ1n) is 4.99. The highest BCUT2D eigenvalue weighted by molar-refractivity contribution is 8.00. The molecule has 88 valence electrons. The molecule has 0 spiro atoms. The number of amides is 1. The number of anilines is 1. The van der Waals surface area contributed by atoms with E-state index in [1.165, 1.54) is 0 Å². The summed E-state index contributed by atoms with van der Waals surface area (Å²) in [4.78, 5) is 15.9. The zero-order valence-electron chi connectivity index (χ0n) is 9.14. The van der Waals surface area contributed by atoms with Crippen LogP contribution in [0.3, 0.4) is 0 Å². The predicted octanol–water partition coefficient (Wildman–Crippen LogP) is 0.914. The zero-order chi connectivity index (χ0) is 12.0. The fourth-order valence-corrected chi connectivity index (χ4v) is 2.18. The largest absolute Gasteiger partial charge is 0.397 e. The Morgan fingerprint density at radius 2 is 2.44 bits per heavy atom. The van der Waals surface area contributed by atoms with Crippen molar-refractivity contribution in [1.29, 1.82) is 0 Å². The molecule has 0 saturated heterocycles. The number of nitrogens with two attached hydrogens (primary N) is 2. The van der Waals surface area contributed by atoms with E-state index in [9.17, 15) is 4.79 Å². The maximum atomic E-state index is 11.0. The molecule has 0 bridgehead atoms. The summed E-state index contributed by atoms with van der Waals surface area (Å²) in [5.41, 5.74) is 8.55. The van der Waals surface area contributed by atoms with Crippen molar-refractivity contribution in [3.63, 3.8) is 0 Å². The van der Waals surface area contributed by atoms with Crippen molar-refractivity contribution in [2.24, 2.45) is 5.84 Å². The van der Waals surface area contributed by atoms with Gasteiger partial charge in [0.25, 0.3) is 0 Å². The van der Waals surface area contributed by atoms with E-state index in [1.54, 1.807) is 24.2 Å². The standard InChI is InChI=1S/C10H16N4OS/c1-7(2-3-10(15)14-12)16-9-4-5-13-6-8(9)11/h4-7H,2-3,11-12H2,1H3,(H,14,15). The maximum Gasteiger partial charge on any atom is 0.233 e. The number of nitrogens with one attached hydrogen (secondary N) is 1. The van der Waals surface area contributed by atoms with Crippen molar-refractivity contribution < 1.29 is 4.79 Å². The molecule has 0 radical (unpaired) electrons. The van der Waals surface area contributed by atoms with Gasteiger partial charge in [0.05, 0.1) is 11.9 Å². The molecule has 1 amide bonds. The Bertz CT molecular complexity index is 358. The lowest BCUT2D eigenvalue weighted by Crippen LogP contribution is -2.30. The summed E-state index contributed by atoms with van der Waals surface area (Å²) >= 11 is 1.64. The van der Waals surface area contributed by atoms with Crippen LogP contribution in [0.4, 0.5) is 5.69 Å². The van der Waals surface area contributed by atoms with Crippen molar-refractivity contribution in [3.8, 4) is 0 Å². The molecular formula is C10H16N4OS. The van der Waals surface area contributed by atoms with Crippen molar-refractivity contribution in [2.45, 2.75) is 29.9 Å². The van der Waals surface area contributed by atoms with Gasteiger partial charge in [-0.25, -0.2) is 5.84 Å². The first-order valence-corrected chi connectivity index (χ1v) is 5.87. The van der Waals surface area contributed by atoms with E-state index in [0.717, 1.165) is 11.3 Å².